The van der Waals surface area contributed by atoms with Crippen LogP contribution in [0.5, 0.6) is 5.75 Å². The molecule has 2 N–H and O–H groups in total. The topological polar surface area (TPSA) is 74.7 Å². The van der Waals surface area contributed by atoms with Crippen molar-refractivity contribution in [1.82, 2.24) is 4.98 Å². The number of benzene rings is 2. The number of fused-ring (bicyclic) bond motifs is 1. The van der Waals surface area contributed by atoms with Gasteiger partial charge in [-0.25, -0.2) is 4.98 Å². The standard InChI is InChI=1S/C23H19ClF3N3O3/c24-18-12-14(8-10-31)13-28-21(18)30-9-11-33-20-17(2-1-3-19(20)30)22(32)29-16-6-4-15(5-7-16)23(25,26)27/h1-7,12-13,31H,8-11H2,(H,29,32). The minimum absolute atomic E-state index is 0.0187. The fourth-order valence-corrected chi connectivity index (χ4v) is 3.81. The van der Waals surface area contributed by atoms with Crippen LogP contribution >= 0.6 is 11.6 Å². The third-order valence-corrected chi connectivity index (χ3v) is 5.37. The summed E-state index contributed by atoms with van der Waals surface area (Å²) in [5.74, 6) is 0.291. The first kappa shape index (κ1) is 22.9. The molecule has 0 radical (unpaired) electrons. The molecule has 0 saturated heterocycles. The molecule has 1 aliphatic heterocycles. The second-order valence-electron chi connectivity index (χ2n) is 7.31. The number of halogens is 4. The number of aliphatic hydroxyl groups excluding tert-OH is 1. The van der Waals surface area contributed by atoms with Gasteiger partial charge in [0.15, 0.2) is 11.6 Å². The Hall–Kier alpha value is -3.30. The van der Waals surface area contributed by atoms with Gasteiger partial charge in [-0.15, -0.1) is 0 Å². The van der Waals surface area contributed by atoms with Crippen molar-refractivity contribution in [2.24, 2.45) is 0 Å². The fraction of sp³-hybridized carbons (Fsp3) is 0.217. The summed E-state index contributed by atoms with van der Waals surface area (Å²) in [5, 5.41) is 12.1. The van der Waals surface area contributed by atoms with Gasteiger partial charge in [-0.2, -0.15) is 13.2 Å². The van der Waals surface area contributed by atoms with Crippen molar-refractivity contribution >= 4 is 34.7 Å². The van der Waals surface area contributed by atoms with Crippen LogP contribution in [-0.4, -0.2) is 35.8 Å². The van der Waals surface area contributed by atoms with Crippen molar-refractivity contribution in [1.29, 1.82) is 0 Å². The Morgan fingerprint density at radius 2 is 1.97 bits per heavy atom. The maximum Gasteiger partial charge on any atom is 0.416 e. The number of carbonyl (C=O) groups excluding carboxylic acids is 1. The molecule has 0 fully saturated rings. The first-order valence-electron chi connectivity index (χ1n) is 10.0. The Morgan fingerprint density at radius 3 is 2.64 bits per heavy atom. The van der Waals surface area contributed by atoms with E-state index in [1.54, 1.807) is 30.5 Å². The zero-order chi connectivity index (χ0) is 23.6. The molecule has 0 bridgehead atoms. The van der Waals surface area contributed by atoms with Gasteiger partial charge in [0.05, 0.1) is 28.4 Å². The molecule has 1 amide bonds. The number of anilines is 3. The summed E-state index contributed by atoms with van der Waals surface area (Å²) in [5.41, 5.74) is 1.04. The summed E-state index contributed by atoms with van der Waals surface area (Å²) < 4.78 is 44.1. The number of amides is 1. The van der Waals surface area contributed by atoms with E-state index in [0.717, 1.165) is 17.7 Å². The van der Waals surface area contributed by atoms with E-state index in [0.29, 0.717) is 35.2 Å². The quantitative estimate of drug-likeness (QED) is 0.536. The predicted octanol–water partition coefficient (Wildman–Crippen LogP) is 5.07. The number of aliphatic hydroxyl groups is 1. The normalized spacial score (nSPS) is 13.3. The highest BCUT2D eigenvalue weighted by molar-refractivity contribution is 6.33. The molecule has 0 unspecified atom stereocenters. The van der Waals surface area contributed by atoms with E-state index in [9.17, 15) is 18.0 Å². The Bertz CT molecular complexity index is 1170. The van der Waals surface area contributed by atoms with Crippen LogP contribution in [-0.2, 0) is 12.6 Å². The number of carbonyl (C=O) groups is 1. The summed E-state index contributed by atoms with van der Waals surface area (Å²) in [7, 11) is 0. The number of alkyl halides is 3. The highest BCUT2D eigenvalue weighted by Gasteiger charge is 2.30. The number of pyridine rings is 1. The zero-order valence-electron chi connectivity index (χ0n) is 17.2. The van der Waals surface area contributed by atoms with Crippen LogP contribution < -0.4 is 15.0 Å². The van der Waals surface area contributed by atoms with E-state index in [-0.39, 0.29) is 24.5 Å². The zero-order valence-corrected chi connectivity index (χ0v) is 18.0. The van der Waals surface area contributed by atoms with Gasteiger partial charge in [-0.3, -0.25) is 4.79 Å². The Balaban J connectivity index is 1.61. The Kier molecular flexibility index (Phi) is 6.44. The lowest BCUT2D eigenvalue weighted by Gasteiger charge is -2.32. The van der Waals surface area contributed by atoms with E-state index in [1.165, 1.54) is 12.1 Å². The molecule has 0 spiro atoms. The monoisotopic (exact) mass is 477 g/mol. The highest BCUT2D eigenvalue weighted by Crippen LogP contribution is 2.41. The number of nitrogens with one attached hydrogen (secondary N) is 1. The highest BCUT2D eigenvalue weighted by atomic mass is 35.5. The molecule has 0 saturated carbocycles. The maximum atomic E-state index is 12.9. The summed E-state index contributed by atoms with van der Waals surface area (Å²) in [4.78, 5) is 19.2. The van der Waals surface area contributed by atoms with Gasteiger partial charge >= 0.3 is 6.18 Å². The van der Waals surface area contributed by atoms with Crippen molar-refractivity contribution in [3.63, 3.8) is 0 Å². The first-order chi connectivity index (χ1) is 15.8. The number of nitrogens with zero attached hydrogens (tertiary/aromatic N) is 2. The summed E-state index contributed by atoms with van der Waals surface area (Å²) in [6.07, 6.45) is -2.39. The smallest absolute Gasteiger partial charge is 0.416 e. The molecular weight excluding hydrogens is 459 g/mol. The van der Waals surface area contributed by atoms with Crippen LogP contribution in [0.3, 0.4) is 0 Å². The summed E-state index contributed by atoms with van der Waals surface area (Å²) >= 11 is 6.43. The van der Waals surface area contributed by atoms with Crippen molar-refractivity contribution in [2.45, 2.75) is 12.6 Å². The first-order valence-corrected chi connectivity index (χ1v) is 10.4. The molecule has 172 valence electrons. The number of rotatable bonds is 5. The molecular formula is C23H19ClF3N3O3. The molecule has 10 heteroatoms. The number of ether oxygens (including phenoxy) is 1. The molecule has 6 nitrogen and oxygen atoms in total. The molecule has 3 aromatic rings. The molecule has 4 rings (SSSR count). The Morgan fingerprint density at radius 1 is 1.21 bits per heavy atom. The summed E-state index contributed by atoms with van der Waals surface area (Å²) in [6, 6.07) is 10.9. The minimum Gasteiger partial charge on any atom is -0.489 e. The van der Waals surface area contributed by atoms with Gasteiger partial charge in [0, 0.05) is 18.5 Å². The van der Waals surface area contributed by atoms with Gasteiger partial charge in [-0.1, -0.05) is 17.7 Å². The van der Waals surface area contributed by atoms with Crippen LogP contribution in [0.1, 0.15) is 21.5 Å². The minimum atomic E-state index is -4.45. The number of aromatic nitrogens is 1. The van der Waals surface area contributed by atoms with Gasteiger partial charge in [-0.05, 0) is 54.4 Å². The SMILES string of the molecule is O=C(Nc1ccc(C(F)(F)F)cc1)c1cccc2c1OCCN2c1ncc(CCO)cc1Cl. The van der Waals surface area contributed by atoms with Gasteiger partial charge in [0.1, 0.15) is 6.61 Å². The van der Waals surface area contributed by atoms with Crippen molar-refractivity contribution in [2.75, 3.05) is 30.0 Å². The van der Waals surface area contributed by atoms with E-state index < -0.39 is 17.6 Å². The largest absolute Gasteiger partial charge is 0.489 e. The molecule has 33 heavy (non-hydrogen) atoms. The molecule has 1 aliphatic rings. The van der Waals surface area contributed by atoms with E-state index in [2.05, 4.69) is 10.3 Å². The predicted molar refractivity (Wildman–Crippen MR) is 118 cm³/mol. The molecule has 0 atom stereocenters. The van der Waals surface area contributed by atoms with E-state index in [1.807, 2.05) is 4.90 Å². The molecule has 0 aliphatic carbocycles. The van der Waals surface area contributed by atoms with Gasteiger partial charge in [0.25, 0.3) is 5.91 Å². The third-order valence-electron chi connectivity index (χ3n) is 5.10. The lowest BCUT2D eigenvalue weighted by atomic mass is 10.1. The van der Waals surface area contributed by atoms with Crippen molar-refractivity contribution in [3.8, 4) is 5.75 Å². The number of para-hydroxylation sites is 1. The van der Waals surface area contributed by atoms with E-state index >= 15 is 0 Å². The molecule has 2 heterocycles. The van der Waals surface area contributed by atoms with Crippen LogP contribution in [0.4, 0.5) is 30.4 Å². The average Bonchev–Trinajstić information content (AvgIpc) is 2.78. The maximum absolute atomic E-state index is 12.9. The van der Waals surface area contributed by atoms with Gasteiger partial charge in [0.2, 0.25) is 0 Å². The van der Waals surface area contributed by atoms with Crippen LogP contribution in [0.15, 0.2) is 54.7 Å². The fourth-order valence-electron chi connectivity index (χ4n) is 3.52. The van der Waals surface area contributed by atoms with Gasteiger partial charge < -0.3 is 20.1 Å². The van der Waals surface area contributed by atoms with Crippen LogP contribution in [0.2, 0.25) is 5.02 Å². The second-order valence-corrected chi connectivity index (χ2v) is 7.71. The number of hydrogen-bond acceptors (Lipinski definition) is 5. The molecule has 2 aromatic carbocycles. The van der Waals surface area contributed by atoms with Crippen LogP contribution in [0, 0.1) is 0 Å². The summed E-state index contributed by atoms with van der Waals surface area (Å²) in [6.45, 7) is 0.701. The second kappa shape index (κ2) is 9.29. The third kappa shape index (κ3) is 4.89. The number of hydrogen-bond donors (Lipinski definition) is 2. The average molecular weight is 478 g/mol. The molecule has 1 aromatic heterocycles. The van der Waals surface area contributed by atoms with E-state index in [4.69, 9.17) is 21.4 Å². The Labute approximate surface area is 192 Å². The van der Waals surface area contributed by atoms with Crippen LogP contribution in [0.25, 0.3) is 0 Å². The lowest BCUT2D eigenvalue weighted by molar-refractivity contribution is -0.137. The van der Waals surface area contributed by atoms with Crippen molar-refractivity contribution < 1.29 is 27.8 Å². The van der Waals surface area contributed by atoms with Crippen molar-refractivity contribution in [3.05, 3.63) is 76.4 Å². The lowest BCUT2D eigenvalue weighted by Crippen LogP contribution is -2.31.